The molecule has 2 aliphatic rings. The smallest absolute Gasteiger partial charge is 0.310 e. The highest BCUT2D eigenvalue weighted by Gasteiger charge is 2.53. The number of rotatable bonds is 6. The summed E-state index contributed by atoms with van der Waals surface area (Å²) in [5.41, 5.74) is 1.53. The lowest BCUT2D eigenvalue weighted by Gasteiger charge is -2.26. The molecule has 0 aromatic rings. The number of esters is 2. The lowest BCUT2D eigenvalue weighted by molar-refractivity contribution is -0.161. The first kappa shape index (κ1) is 15.8. The Bertz CT molecular complexity index is 425. The van der Waals surface area contributed by atoms with Crippen molar-refractivity contribution < 1.29 is 23.8 Å². The van der Waals surface area contributed by atoms with Crippen molar-refractivity contribution in [3.63, 3.8) is 0 Å². The van der Waals surface area contributed by atoms with E-state index in [4.69, 9.17) is 14.2 Å². The second kappa shape index (κ2) is 6.43. The van der Waals surface area contributed by atoms with Crippen LogP contribution >= 0.6 is 0 Å². The first-order chi connectivity index (χ1) is 9.88. The van der Waals surface area contributed by atoms with Gasteiger partial charge in [-0.3, -0.25) is 9.59 Å². The maximum absolute atomic E-state index is 12.2. The summed E-state index contributed by atoms with van der Waals surface area (Å²) in [6.07, 6.45) is 1.20. The van der Waals surface area contributed by atoms with E-state index in [2.05, 4.69) is 13.2 Å². The summed E-state index contributed by atoms with van der Waals surface area (Å²) in [4.78, 5) is 24.4. The Labute approximate surface area is 124 Å². The van der Waals surface area contributed by atoms with E-state index >= 15 is 0 Å². The van der Waals surface area contributed by atoms with Gasteiger partial charge >= 0.3 is 11.9 Å². The predicted octanol–water partition coefficient (Wildman–Crippen LogP) is 2.02. The number of hydrogen-bond acceptors (Lipinski definition) is 5. The van der Waals surface area contributed by atoms with Gasteiger partial charge in [-0.1, -0.05) is 13.2 Å². The minimum Gasteiger partial charge on any atom is -0.461 e. The molecule has 2 fully saturated rings. The molecule has 21 heavy (non-hydrogen) atoms. The lowest BCUT2D eigenvalue weighted by Crippen LogP contribution is -2.38. The molecule has 1 aliphatic carbocycles. The summed E-state index contributed by atoms with van der Waals surface area (Å²) in [6.45, 7) is 11.3. The molecular formula is C16H22O5. The molecule has 5 heteroatoms. The lowest BCUT2D eigenvalue weighted by atomic mass is 9.79. The highest BCUT2D eigenvalue weighted by Crippen LogP contribution is 2.43. The minimum atomic E-state index is -0.495. The van der Waals surface area contributed by atoms with Crippen molar-refractivity contribution in [2.45, 2.75) is 38.9 Å². The predicted molar refractivity (Wildman–Crippen MR) is 76.4 cm³/mol. The Kier molecular flexibility index (Phi) is 4.83. The van der Waals surface area contributed by atoms with Crippen molar-refractivity contribution in [3.05, 3.63) is 24.3 Å². The van der Waals surface area contributed by atoms with Gasteiger partial charge in [0, 0.05) is 0 Å². The van der Waals surface area contributed by atoms with Gasteiger partial charge in [-0.25, -0.2) is 0 Å². The van der Waals surface area contributed by atoms with Gasteiger partial charge in [-0.15, -0.1) is 0 Å². The third-order valence-corrected chi connectivity index (χ3v) is 3.67. The number of epoxide rings is 1. The molecular weight excluding hydrogens is 272 g/mol. The van der Waals surface area contributed by atoms with E-state index in [0.717, 1.165) is 11.1 Å². The van der Waals surface area contributed by atoms with Crippen molar-refractivity contribution in [1.29, 1.82) is 0 Å². The van der Waals surface area contributed by atoms with E-state index in [1.165, 1.54) is 0 Å². The maximum atomic E-state index is 12.2. The van der Waals surface area contributed by atoms with Gasteiger partial charge in [-0.2, -0.15) is 0 Å². The van der Waals surface area contributed by atoms with Crippen LogP contribution in [0.4, 0.5) is 0 Å². The van der Waals surface area contributed by atoms with E-state index in [-0.39, 0.29) is 37.4 Å². The van der Waals surface area contributed by atoms with Gasteiger partial charge in [0.05, 0.1) is 24.0 Å². The van der Waals surface area contributed by atoms with Crippen molar-refractivity contribution in [2.24, 2.45) is 11.8 Å². The van der Waals surface area contributed by atoms with Gasteiger partial charge in [-0.05, 0) is 37.8 Å². The Morgan fingerprint density at radius 2 is 1.33 bits per heavy atom. The summed E-state index contributed by atoms with van der Waals surface area (Å²) >= 11 is 0. The van der Waals surface area contributed by atoms with Crippen LogP contribution in [0.2, 0.25) is 0 Å². The third kappa shape index (κ3) is 4.17. The molecule has 0 amide bonds. The normalized spacial score (nSPS) is 30.0. The van der Waals surface area contributed by atoms with E-state index in [1.807, 2.05) is 0 Å². The summed E-state index contributed by atoms with van der Waals surface area (Å²) in [7, 11) is 0. The van der Waals surface area contributed by atoms with Crippen LogP contribution in [0.1, 0.15) is 26.7 Å². The molecule has 0 spiro atoms. The van der Waals surface area contributed by atoms with Crippen molar-refractivity contribution >= 4 is 11.9 Å². The second-order valence-corrected chi connectivity index (χ2v) is 6.03. The van der Waals surface area contributed by atoms with Crippen LogP contribution in [0.25, 0.3) is 0 Å². The van der Waals surface area contributed by atoms with Crippen LogP contribution in [-0.2, 0) is 23.8 Å². The zero-order valence-electron chi connectivity index (χ0n) is 12.6. The Morgan fingerprint density at radius 1 is 0.952 bits per heavy atom. The summed E-state index contributed by atoms with van der Waals surface area (Å²) < 4.78 is 15.8. The fourth-order valence-corrected chi connectivity index (χ4v) is 2.55. The fraction of sp³-hybridized carbons (Fsp3) is 0.625. The number of carbonyl (C=O) groups excluding carboxylic acids is 2. The second-order valence-electron chi connectivity index (χ2n) is 6.03. The zero-order valence-corrected chi connectivity index (χ0v) is 12.6. The quantitative estimate of drug-likeness (QED) is 0.426. The van der Waals surface area contributed by atoms with Gasteiger partial charge in [0.1, 0.15) is 13.2 Å². The molecule has 1 aliphatic heterocycles. The summed E-state index contributed by atoms with van der Waals surface area (Å²) in [5, 5.41) is 0. The zero-order chi connectivity index (χ0) is 15.6. The molecule has 1 heterocycles. The third-order valence-electron chi connectivity index (χ3n) is 3.67. The molecule has 0 radical (unpaired) electrons. The SMILES string of the molecule is C=C(C)COC(=O)[C@H]1C[C@@H]2O[C@@H]2C[C@H]1C(=O)OCC(=C)C. The minimum absolute atomic E-state index is 0.0811. The molecule has 0 aromatic carbocycles. The van der Waals surface area contributed by atoms with Gasteiger partial charge in [0.15, 0.2) is 0 Å². The van der Waals surface area contributed by atoms with E-state index in [0.29, 0.717) is 12.8 Å². The Hall–Kier alpha value is -1.62. The Morgan fingerprint density at radius 3 is 1.67 bits per heavy atom. The molecule has 0 bridgehead atoms. The van der Waals surface area contributed by atoms with E-state index in [1.54, 1.807) is 13.8 Å². The van der Waals surface area contributed by atoms with Crippen LogP contribution in [0.5, 0.6) is 0 Å². The van der Waals surface area contributed by atoms with Gasteiger partial charge < -0.3 is 14.2 Å². The largest absolute Gasteiger partial charge is 0.461 e. The van der Waals surface area contributed by atoms with Crippen LogP contribution in [0, 0.1) is 11.8 Å². The van der Waals surface area contributed by atoms with Crippen LogP contribution in [0.3, 0.4) is 0 Å². The van der Waals surface area contributed by atoms with Gasteiger partial charge in [0.25, 0.3) is 0 Å². The monoisotopic (exact) mass is 294 g/mol. The van der Waals surface area contributed by atoms with E-state index in [9.17, 15) is 9.59 Å². The molecule has 4 atom stereocenters. The van der Waals surface area contributed by atoms with Crippen LogP contribution in [0.15, 0.2) is 24.3 Å². The first-order valence-corrected chi connectivity index (χ1v) is 7.16. The average molecular weight is 294 g/mol. The molecule has 5 nitrogen and oxygen atoms in total. The Balaban J connectivity index is 1.97. The average Bonchev–Trinajstić information content (AvgIpc) is 3.18. The van der Waals surface area contributed by atoms with Crippen LogP contribution in [-0.4, -0.2) is 37.4 Å². The molecule has 1 saturated heterocycles. The summed E-state index contributed by atoms with van der Waals surface area (Å²) in [6, 6.07) is 0. The van der Waals surface area contributed by atoms with Gasteiger partial charge in [0.2, 0.25) is 0 Å². The molecule has 0 aromatic heterocycles. The fourth-order valence-electron chi connectivity index (χ4n) is 2.55. The highest BCUT2D eigenvalue weighted by molar-refractivity contribution is 5.82. The summed E-state index contributed by atoms with van der Waals surface area (Å²) in [5.74, 6) is -1.73. The number of fused-ring (bicyclic) bond motifs is 1. The van der Waals surface area contributed by atoms with Crippen molar-refractivity contribution in [3.8, 4) is 0 Å². The molecule has 0 unspecified atom stereocenters. The topological polar surface area (TPSA) is 65.1 Å². The number of hydrogen-bond donors (Lipinski definition) is 0. The standard InChI is InChI=1S/C16H22O5/c1-9(2)7-19-15(17)11-5-13-14(21-13)6-12(11)16(18)20-8-10(3)4/h11-14H,1,3,5-8H2,2,4H3/t11-,12+,13-,14+. The van der Waals surface area contributed by atoms with Crippen LogP contribution < -0.4 is 0 Å². The maximum Gasteiger partial charge on any atom is 0.310 e. The molecule has 0 N–H and O–H groups in total. The highest BCUT2D eigenvalue weighted by atomic mass is 16.6. The molecule has 2 rings (SSSR count). The molecule has 116 valence electrons. The number of ether oxygens (including phenoxy) is 3. The first-order valence-electron chi connectivity index (χ1n) is 7.16. The van der Waals surface area contributed by atoms with E-state index < -0.39 is 11.8 Å². The number of carbonyl (C=O) groups is 2. The van der Waals surface area contributed by atoms with Crippen molar-refractivity contribution in [1.82, 2.24) is 0 Å². The van der Waals surface area contributed by atoms with Crippen molar-refractivity contribution in [2.75, 3.05) is 13.2 Å². The molecule has 1 saturated carbocycles.